The molecule has 0 aliphatic carbocycles. The first-order valence-electron chi connectivity index (χ1n) is 5.70. The van der Waals surface area contributed by atoms with Crippen molar-refractivity contribution in [2.24, 2.45) is 5.92 Å². The highest BCUT2D eigenvalue weighted by Gasteiger charge is 2.52. The molecule has 2 saturated heterocycles. The Morgan fingerprint density at radius 1 is 1.19 bits per heavy atom. The summed E-state index contributed by atoms with van der Waals surface area (Å²) in [7, 11) is 0. The normalized spacial score (nSPS) is 36.5. The van der Waals surface area contributed by atoms with Crippen LogP contribution < -0.4 is 0 Å². The van der Waals surface area contributed by atoms with Crippen LogP contribution in [-0.4, -0.2) is 23.3 Å². The minimum absolute atomic E-state index is 0.0393. The van der Waals surface area contributed by atoms with Crippen LogP contribution in [-0.2, 0) is 9.53 Å². The number of benzene rings is 1. The molecule has 84 valence electrons. The second-order valence-corrected chi connectivity index (χ2v) is 4.59. The minimum atomic E-state index is -0.721. The summed E-state index contributed by atoms with van der Waals surface area (Å²) in [6.45, 7) is 0. The molecule has 0 radical (unpaired) electrons. The van der Waals surface area contributed by atoms with Crippen LogP contribution in [0.25, 0.3) is 0 Å². The quantitative estimate of drug-likeness (QED) is 0.826. The van der Waals surface area contributed by atoms with Crippen LogP contribution in [0.3, 0.4) is 0 Å². The van der Waals surface area contributed by atoms with Gasteiger partial charge in [0.1, 0.15) is 0 Å². The topological polar surface area (TPSA) is 46.5 Å². The number of ether oxygens (including phenoxy) is 1. The molecule has 2 heterocycles. The molecule has 2 aliphatic rings. The second kappa shape index (κ2) is 3.59. The van der Waals surface area contributed by atoms with Crippen molar-refractivity contribution in [3.05, 3.63) is 35.9 Å². The zero-order valence-electron chi connectivity index (χ0n) is 8.87. The van der Waals surface area contributed by atoms with Gasteiger partial charge in [-0.3, -0.25) is 4.79 Å². The molecule has 1 aromatic carbocycles. The fraction of sp³-hybridized carbons (Fsp3) is 0.462. The van der Waals surface area contributed by atoms with Gasteiger partial charge in [0.2, 0.25) is 0 Å². The molecule has 2 fully saturated rings. The Hall–Kier alpha value is -1.35. The minimum Gasteiger partial charge on any atom is -0.481 e. The van der Waals surface area contributed by atoms with E-state index in [1.54, 1.807) is 0 Å². The molecule has 0 saturated carbocycles. The van der Waals surface area contributed by atoms with Crippen LogP contribution in [0.15, 0.2) is 30.3 Å². The van der Waals surface area contributed by atoms with E-state index in [9.17, 15) is 9.90 Å². The first kappa shape index (κ1) is 9.85. The summed E-state index contributed by atoms with van der Waals surface area (Å²) >= 11 is 0. The van der Waals surface area contributed by atoms with Crippen molar-refractivity contribution in [3.8, 4) is 0 Å². The van der Waals surface area contributed by atoms with Crippen LogP contribution in [0.2, 0.25) is 0 Å². The van der Waals surface area contributed by atoms with Crippen LogP contribution in [0.1, 0.15) is 24.3 Å². The summed E-state index contributed by atoms with van der Waals surface area (Å²) in [6, 6.07) is 9.88. The van der Waals surface area contributed by atoms with Crippen molar-refractivity contribution < 1.29 is 14.6 Å². The van der Waals surface area contributed by atoms with Gasteiger partial charge in [0.05, 0.1) is 18.1 Å². The molecule has 0 unspecified atom stereocenters. The van der Waals surface area contributed by atoms with E-state index in [4.69, 9.17) is 4.74 Å². The van der Waals surface area contributed by atoms with Crippen molar-refractivity contribution in [1.29, 1.82) is 0 Å². The number of hydrogen-bond acceptors (Lipinski definition) is 2. The van der Waals surface area contributed by atoms with E-state index in [1.807, 2.05) is 30.3 Å². The van der Waals surface area contributed by atoms with Crippen LogP contribution >= 0.6 is 0 Å². The maximum absolute atomic E-state index is 11.3. The van der Waals surface area contributed by atoms with Crippen molar-refractivity contribution in [2.75, 3.05) is 0 Å². The first-order valence-corrected chi connectivity index (χ1v) is 5.70. The molecule has 2 aliphatic heterocycles. The number of carbonyl (C=O) groups is 1. The number of carboxylic acids is 1. The molecular weight excluding hydrogens is 204 g/mol. The molecule has 1 aromatic rings. The molecular formula is C13H14O3. The maximum atomic E-state index is 11.3. The van der Waals surface area contributed by atoms with E-state index in [2.05, 4.69) is 0 Å². The van der Waals surface area contributed by atoms with Gasteiger partial charge in [0, 0.05) is 5.92 Å². The highest BCUT2D eigenvalue weighted by Crippen LogP contribution is 2.48. The first-order chi connectivity index (χ1) is 7.77. The highest BCUT2D eigenvalue weighted by atomic mass is 16.5. The molecule has 0 aromatic heterocycles. The lowest BCUT2D eigenvalue weighted by atomic mass is 9.75. The van der Waals surface area contributed by atoms with Gasteiger partial charge in [-0.25, -0.2) is 0 Å². The molecule has 3 nitrogen and oxygen atoms in total. The van der Waals surface area contributed by atoms with Gasteiger partial charge >= 0.3 is 5.97 Å². The third-order valence-corrected chi connectivity index (χ3v) is 3.74. The van der Waals surface area contributed by atoms with Crippen LogP contribution in [0.5, 0.6) is 0 Å². The molecule has 16 heavy (non-hydrogen) atoms. The highest BCUT2D eigenvalue weighted by molar-refractivity contribution is 5.73. The molecule has 3 heteroatoms. The number of aliphatic carboxylic acids is 1. The molecule has 0 amide bonds. The van der Waals surface area contributed by atoms with Gasteiger partial charge in [-0.1, -0.05) is 30.3 Å². The zero-order chi connectivity index (χ0) is 11.1. The Labute approximate surface area is 94.0 Å². The van der Waals surface area contributed by atoms with Crippen molar-refractivity contribution in [1.82, 2.24) is 0 Å². The lowest BCUT2D eigenvalue weighted by Gasteiger charge is -2.25. The van der Waals surface area contributed by atoms with E-state index in [0.717, 1.165) is 18.4 Å². The molecule has 3 rings (SSSR count). The smallest absolute Gasteiger partial charge is 0.309 e. The second-order valence-electron chi connectivity index (χ2n) is 4.59. The molecule has 4 atom stereocenters. The SMILES string of the molecule is O=C(O)[C@@H]1[C@@H](c2ccccc2)[C@@H]2CC[C@H]1O2. The van der Waals surface area contributed by atoms with Gasteiger partial charge < -0.3 is 9.84 Å². The summed E-state index contributed by atoms with van der Waals surface area (Å²) < 4.78 is 5.73. The van der Waals surface area contributed by atoms with E-state index in [-0.39, 0.29) is 24.0 Å². The lowest BCUT2D eigenvalue weighted by Crippen LogP contribution is -2.31. The Morgan fingerprint density at radius 2 is 1.88 bits per heavy atom. The Kier molecular flexibility index (Phi) is 2.21. The fourth-order valence-corrected chi connectivity index (χ4v) is 3.09. The Morgan fingerprint density at radius 3 is 2.56 bits per heavy atom. The summed E-state index contributed by atoms with van der Waals surface area (Å²) in [5.74, 6) is -1.04. The molecule has 2 bridgehead atoms. The third kappa shape index (κ3) is 1.35. The van der Waals surface area contributed by atoms with Crippen molar-refractivity contribution >= 4 is 5.97 Å². The van der Waals surface area contributed by atoms with Gasteiger partial charge in [-0.05, 0) is 18.4 Å². The largest absolute Gasteiger partial charge is 0.481 e. The van der Waals surface area contributed by atoms with Crippen molar-refractivity contribution in [2.45, 2.75) is 31.0 Å². The fourth-order valence-electron chi connectivity index (χ4n) is 3.09. The lowest BCUT2D eigenvalue weighted by molar-refractivity contribution is -0.143. The summed E-state index contributed by atoms with van der Waals surface area (Å²) in [6.07, 6.45) is 1.92. The summed E-state index contributed by atoms with van der Waals surface area (Å²) in [5.41, 5.74) is 1.10. The van der Waals surface area contributed by atoms with Crippen molar-refractivity contribution in [3.63, 3.8) is 0 Å². The summed E-state index contributed by atoms with van der Waals surface area (Å²) in [5, 5.41) is 9.29. The predicted molar refractivity (Wildman–Crippen MR) is 58.2 cm³/mol. The number of hydrogen-bond donors (Lipinski definition) is 1. The molecule has 0 spiro atoms. The van der Waals surface area contributed by atoms with E-state index in [1.165, 1.54) is 0 Å². The van der Waals surface area contributed by atoms with E-state index in [0.29, 0.717) is 0 Å². The van der Waals surface area contributed by atoms with E-state index >= 15 is 0 Å². The van der Waals surface area contributed by atoms with Crippen LogP contribution in [0, 0.1) is 5.92 Å². The number of fused-ring (bicyclic) bond motifs is 2. The monoisotopic (exact) mass is 218 g/mol. The van der Waals surface area contributed by atoms with E-state index < -0.39 is 5.97 Å². The number of carboxylic acid groups (broad SMARTS) is 1. The zero-order valence-corrected chi connectivity index (χ0v) is 8.87. The summed E-state index contributed by atoms with van der Waals surface area (Å²) in [4.78, 5) is 11.3. The number of rotatable bonds is 2. The maximum Gasteiger partial charge on any atom is 0.309 e. The van der Waals surface area contributed by atoms with Gasteiger partial charge in [0.15, 0.2) is 0 Å². The molecule has 1 N–H and O–H groups in total. The van der Waals surface area contributed by atoms with Crippen LogP contribution in [0.4, 0.5) is 0 Å². The Balaban J connectivity index is 1.97. The average Bonchev–Trinajstić information content (AvgIpc) is 2.89. The van der Waals surface area contributed by atoms with Gasteiger partial charge in [-0.15, -0.1) is 0 Å². The Bertz CT molecular complexity index is 401. The third-order valence-electron chi connectivity index (χ3n) is 3.74. The van der Waals surface area contributed by atoms with Gasteiger partial charge in [-0.2, -0.15) is 0 Å². The standard InChI is InChI=1S/C13H14O3/c14-13(15)12-10-7-6-9(16-10)11(12)8-4-2-1-3-5-8/h1-5,9-12H,6-7H2,(H,14,15)/t9-,10+,11-,12-/m0/s1. The van der Waals surface area contributed by atoms with Gasteiger partial charge in [0.25, 0.3) is 0 Å². The predicted octanol–water partition coefficient (Wildman–Crippen LogP) is 2.03. The average molecular weight is 218 g/mol.